The van der Waals surface area contributed by atoms with Crippen LogP contribution in [0.1, 0.15) is 60.2 Å². The minimum Gasteiger partial charge on any atom is -0.352 e. The van der Waals surface area contributed by atoms with Crippen LogP contribution in [0.4, 0.5) is 0 Å². The predicted octanol–water partition coefficient (Wildman–Crippen LogP) is 2.37. The zero-order valence-corrected chi connectivity index (χ0v) is 13.1. The van der Waals surface area contributed by atoms with Crippen molar-refractivity contribution in [3.8, 4) is 0 Å². The van der Waals surface area contributed by atoms with E-state index >= 15 is 0 Å². The number of amides is 3. The first-order valence-electron chi connectivity index (χ1n) is 7.79. The van der Waals surface area contributed by atoms with Gasteiger partial charge >= 0.3 is 0 Å². The van der Waals surface area contributed by atoms with E-state index < -0.39 is 11.8 Å². The Kier molecular flexibility index (Phi) is 5.31. The normalized spacial score (nSPS) is 14.9. The second-order valence-electron chi connectivity index (χ2n) is 5.71. The van der Waals surface area contributed by atoms with Gasteiger partial charge in [-0.15, -0.1) is 0 Å². The van der Waals surface area contributed by atoms with Gasteiger partial charge in [0.1, 0.15) is 6.54 Å². The van der Waals surface area contributed by atoms with Crippen molar-refractivity contribution in [1.82, 2.24) is 10.2 Å². The Balaban J connectivity index is 1.91. The van der Waals surface area contributed by atoms with E-state index in [4.69, 9.17) is 0 Å². The van der Waals surface area contributed by atoms with Crippen LogP contribution in [0.3, 0.4) is 0 Å². The number of rotatable bonds is 7. The SMILES string of the molecule is CCCCC[C@@H](C)NC(=O)CN1C(=O)c2ccccc2C1=O. The summed E-state index contributed by atoms with van der Waals surface area (Å²) < 4.78 is 0. The zero-order chi connectivity index (χ0) is 16.1. The lowest BCUT2D eigenvalue weighted by Crippen LogP contribution is -2.43. The highest BCUT2D eigenvalue weighted by atomic mass is 16.2. The molecule has 118 valence electrons. The number of imide groups is 1. The fourth-order valence-corrected chi connectivity index (χ4v) is 2.62. The molecule has 1 aliphatic heterocycles. The average molecular weight is 302 g/mol. The minimum absolute atomic E-state index is 0.0502. The molecule has 3 amide bonds. The molecule has 1 atom stereocenters. The van der Waals surface area contributed by atoms with Gasteiger partial charge in [-0.1, -0.05) is 38.3 Å². The van der Waals surface area contributed by atoms with Crippen LogP contribution in [0.15, 0.2) is 24.3 Å². The van der Waals surface area contributed by atoms with Crippen molar-refractivity contribution >= 4 is 17.7 Å². The Hall–Kier alpha value is -2.17. The third-order valence-corrected chi connectivity index (χ3v) is 3.83. The van der Waals surface area contributed by atoms with E-state index in [1.54, 1.807) is 24.3 Å². The van der Waals surface area contributed by atoms with Crippen LogP contribution < -0.4 is 5.32 Å². The van der Waals surface area contributed by atoms with Gasteiger partial charge in [-0.25, -0.2) is 0 Å². The lowest BCUT2D eigenvalue weighted by Gasteiger charge is -2.17. The summed E-state index contributed by atoms with van der Waals surface area (Å²) in [4.78, 5) is 37.4. The lowest BCUT2D eigenvalue weighted by molar-refractivity contribution is -0.122. The van der Waals surface area contributed by atoms with Crippen LogP contribution >= 0.6 is 0 Å². The highest BCUT2D eigenvalue weighted by Crippen LogP contribution is 2.21. The second-order valence-corrected chi connectivity index (χ2v) is 5.71. The summed E-state index contributed by atoms with van der Waals surface area (Å²) in [5.41, 5.74) is 0.743. The van der Waals surface area contributed by atoms with E-state index in [0.717, 1.165) is 30.6 Å². The maximum atomic E-state index is 12.2. The molecule has 0 saturated heterocycles. The molecule has 5 nitrogen and oxygen atoms in total. The molecule has 1 N–H and O–H groups in total. The highest BCUT2D eigenvalue weighted by molar-refractivity contribution is 6.22. The molecular weight excluding hydrogens is 280 g/mol. The lowest BCUT2D eigenvalue weighted by atomic mass is 10.1. The van der Waals surface area contributed by atoms with Gasteiger partial charge in [0.05, 0.1) is 11.1 Å². The van der Waals surface area contributed by atoms with Crippen molar-refractivity contribution in [1.29, 1.82) is 0 Å². The van der Waals surface area contributed by atoms with Crippen LogP contribution in [0.5, 0.6) is 0 Å². The standard InChI is InChI=1S/C17H22N2O3/c1-3-4-5-8-12(2)18-15(20)11-19-16(21)13-9-6-7-10-14(13)17(19)22/h6-7,9-10,12H,3-5,8,11H2,1-2H3,(H,18,20)/t12-/m1/s1. The van der Waals surface area contributed by atoms with Crippen LogP contribution in [0, 0.1) is 0 Å². The molecule has 0 unspecified atom stereocenters. The van der Waals surface area contributed by atoms with Crippen LogP contribution in [0.25, 0.3) is 0 Å². The zero-order valence-electron chi connectivity index (χ0n) is 13.1. The van der Waals surface area contributed by atoms with E-state index in [9.17, 15) is 14.4 Å². The van der Waals surface area contributed by atoms with Gasteiger partial charge in [-0.05, 0) is 25.5 Å². The van der Waals surface area contributed by atoms with E-state index in [1.807, 2.05) is 6.92 Å². The Labute approximate surface area is 130 Å². The quantitative estimate of drug-likeness (QED) is 0.621. The smallest absolute Gasteiger partial charge is 0.262 e. The Morgan fingerprint density at radius 3 is 2.27 bits per heavy atom. The highest BCUT2D eigenvalue weighted by Gasteiger charge is 2.36. The van der Waals surface area contributed by atoms with Crippen molar-refractivity contribution in [2.24, 2.45) is 0 Å². The van der Waals surface area contributed by atoms with Crippen molar-refractivity contribution in [2.45, 2.75) is 45.6 Å². The fraction of sp³-hybridized carbons (Fsp3) is 0.471. The summed E-state index contributed by atoms with van der Waals surface area (Å²) in [6.07, 6.45) is 4.24. The summed E-state index contributed by atoms with van der Waals surface area (Å²) >= 11 is 0. The van der Waals surface area contributed by atoms with E-state index in [1.165, 1.54) is 0 Å². The largest absolute Gasteiger partial charge is 0.352 e. The summed E-state index contributed by atoms with van der Waals surface area (Å²) in [6.45, 7) is 3.85. The van der Waals surface area contributed by atoms with Crippen LogP contribution in [-0.4, -0.2) is 35.2 Å². The number of unbranched alkanes of at least 4 members (excludes halogenated alkanes) is 2. The van der Waals surface area contributed by atoms with Crippen molar-refractivity contribution < 1.29 is 14.4 Å². The first-order valence-corrected chi connectivity index (χ1v) is 7.79. The summed E-state index contributed by atoms with van der Waals surface area (Å²) in [6, 6.07) is 6.70. The van der Waals surface area contributed by atoms with E-state index in [-0.39, 0.29) is 18.5 Å². The van der Waals surface area contributed by atoms with Crippen molar-refractivity contribution in [3.63, 3.8) is 0 Å². The molecule has 0 fully saturated rings. The van der Waals surface area contributed by atoms with Crippen LogP contribution in [-0.2, 0) is 4.79 Å². The summed E-state index contributed by atoms with van der Waals surface area (Å²) in [5.74, 6) is -1.08. The van der Waals surface area contributed by atoms with Gasteiger partial charge < -0.3 is 5.32 Å². The van der Waals surface area contributed by atoms with Gasteiger partial charge in [0.25, 0.3) is 11.8 Å². The molecular formula is C17H22N2O3. The predicted molar refractivity (Wildman–Crippen MR) is 83.6 cm³/mol. The number of nitrogens with one attached hydrogen (secondary N) is 1. The fourth-order valence-electron chi connectivity index (χ4n) is 2.62. The molecule has 0 bridgehead atoms. The molecule has 22 heavy (non-hydrogen) atoms. The van der Waals surface area contributed by atoms with Gasteiger partial charge in [0, 0.05) is 6.04 Å². The number of nitrogens with zero attached hydrogens (tertiary/aromatic N) is 1. The van der Waals surface area contributed by atoms with Gasteiger partial charge in [0.15, 0.2) is 0 Å². The third kappa shape index (κ3) is 3.53. The Morgan fingerprint density at radius 1 is 1.14 bits per heavy atom. The summed E-state index contributed by atoms with van der Waals surface area (Å²) in [7, 11) is 0. The number of carbonyl (C=O) groups excluding carboxylic acids is 3. The molecule has 1 aromatic rings. The third-order valence-electron chi connectivity index (χ3n) is 3.83. The maximum Gasteiger partial charge on any atom is 0.262 e. The Morgan fingerprint density at radius 2 is 1.73 bits per heavy atom. The topological polar surface area (TPSA) is 66.5 Å². The Bertz CT molecular complexity index is 548. The van der Waals surface area contributed by atoms with Gasteiger partial charge in [-0.2, -0.15) is 0 Å². The average Bonchev–Trinajstić information content (AvgIpc) is 2.73. The van der Waals surface area contributed by atoms with Crippen molar-refractivity contribution in [3.05, 3.63) is 35.4 Å². The number of benzene rings is 1. The summed E-state index contributed by atoms with van der Waals surface area (Å²) in [5, 5.41) is 2.85. The van der Waals surface area contributed by atoms with Crippen LogP contribution in [0.2, 0.25) is 0 Å². The number of fused-ring (bicyclic) bond motifs is 1. The van der Waals surface area contributed by atoms with Gasteiger partial charge in [0.2, 0.25) is 5.91 Å². The molecule has 0 saturated carbocycles. The second kappa shape index (κ2) is 7.20. The molecule has 1 aromatic carbocycles. The molecule has 1 heterocycles. The molecule has 2 rings (SSSR count). The number of hydrogen-bond donors (Lipinski definition) is 1. The monoisotopic (exact) mass is 302 g/mol. The first kappa shape index (κ1) is 16.2. The van der Waals surface area contributed by atoms with E-state index in [2.05, 4.69) is 12.2 Å². The molecule has 0 radical (unpaired) electrons. The minimum atomic E-state index is -0.394. The van der Waals surface area contributed by atoms with Crippen molar-refractivity contribution in [2.75, 3.05) is 6.54 Å². The molecule has 0 aromatic heterocycles. The molecule has 0 spiro atoms. The number of carbonyl (C=O) groups is 3. The van der Waals surface area contributed by atoms with E-state index in [0.29, 0.717) is 11.1 Å². The van der Waals surface area contributed by atoms with Gasteiger partial charge in [-0.3, -0.25) is 19.3 Å². The molecule has 5 heteroatoms. The number of hydrogen-bond acceptors (Lipinski definition) is 3. The first-order chi connectivity index (χ1) is 10.5. The molecule has 1 aliphatic rings. The molecule has 0 aliphatic carbocycles. The maximum absolute atomic E-state index is 12.2.